The van der Waals surface area contributed by atoms with E-state index in [4.69, 9.17) is 16.6 Å². The molecule has 20 heavy (non-hydrogen) atoms. The molecule has 0 N–H and O–H groups in total. The maximum atomic E-state index is 6.02. The normalized spacial score (nSPS) is 11.1. The van der Waals surface area contributed by atoms with Crippen molar-refractivity contribution in [2.24, 2.45) is 0 Å². The summed E-state index contributed by atoms with van der Waals surface area (Å²) in [4.78, 5) is 9.10. The lowest BCUT2D eigenvalue weighted by Gasteiger charge is -2.07. The Balaban J connectivity index is 2.04. The second kappa shape index (κ2) is 5.63. The lowest BCUT2D eigenvalue weighted by Crippen LogP contribution is -2.05. The van der Waals surface area contributed by atoms with E-state index in [-0.39, 0.29) is 0 Å². The van der Waals surface area contributed by atoms with Gasteiger partial charge in [0.05, 0.1) is 11.0 Å². The number of para-hydroxylation sites is 2. The average molecular weight is 286 g/mol. The minimum Gasteiger partial charge on any atom is -0.328 e. The maximum Gasteiger partial charge on any atom is 0.115 e. The standard InChI is InChI=1S/C16H16ClN3/c1-2-9-20-15-6-4-3-5-14(15)19-16(20)11-13-10-12(17)7-8-18-13/h3-8,10H,2,9,11H2,1H3. The average Bonchev–Trinajstić information content (AvgIpc) is 2.77. The smallest absolute Gasteiger partial charge is 0.115 e. The van der Waals surface area contributed by atoms with E-state index in [9.17, 15) is 0 Å². The van der Waals surface area contributed by atoms with Crippen LogP contribution < -0.4 is 0 Å². The Morgan fingerprint density at radius 3 is 2.85 bits per heavy atom. The van der Waals surface area contributed by atoms with Crippen LogP contribution in [0.3, 0.4) is 0 Å². The monoisotopic (exact) mass is 285 g/mol. The van der Waals surface area contributed by atoms with Crippen LogP contribution in [0.15, 0.2) is 42.6 Å². The number of aromatic nitrogens is 3. The molecule has 102 valence electrons. The number of nitrogens with zero attached hydrogens (tertiary/aromatic N) is 3. The molecule has 3 nitrogen and oxygen atoms in total. The molecule has 0 atom stereocenters. The van der Waals surface area contributed by atoms with Crippen LogP contribution in [-0.2, 0) is 13.0 Å². The number of hydrogen-bond acceptors (Lipinski definition) is 2. The first-order valence-corrected chi connectivity index (χ1v) is 7.20. The van der Waals surface area contributed by atoms with Gasteiger partial charge in [0.2, 0.25) is 0 Å². The Morgan fingerprint density at radius 2 is 2.05 bits per heavy atom. The lowest BCUT2D eigenvalue weighted by molar-refractivity contribution is 0.662. The molecule has 0 bridgehead atoms. The summed E-state index contributed by atoms with van der Waals surface area (Å²) in [6.07, 6.45) is 3.52. The zero-order valence-electron chi connectivity index (χ0n) is 11.4. The Morgan fingerprint density at radius 1 is 1.20 bits per heavy atom. The van der Waals surface area contributed by atoms with Gasteiger partial charge in [-0.3, -0.25) is 4.98 Å². The van der Waals surface area contributed by atoms with Gasteiger partial charge in [-0.2, -0.15) is 0 Å². The zero-order valence-corrected chi connectivity index (χ0v) is 12.1. The minimum absolute atomic E-state index is 0.704. The van der Waals surface area contributed by atoms with Crippen LogP contribution >= 0.6 is 11.6 Å². The number of rotatable bonds is 4. The van der Waals surface area contributed by atoms with Crippen molar-refractivity contribution in [2.75, 3.05) is 0 Å². The minimum atomic E-state index is 0.704. The fourth-order valence-electron chi connectivity index (χ4n) is 2.44. The number of imidazole rings is 1. The van der Waals surface area contributed by atoms with Gasteiger partial charge in [0.15, 0.2) is 0 Å². The molecule has 4 heteroatoms. The van der Waals surface area contributed by atoms with E-state index in [1.54, 1.807) is 12.3 Å². The van der Waals surface area contributed by atoms with Gasteiger partial charge in [-0.05, 0) is 30.7 Å². The Bertz CT molecular complexity index is 733. The van der Waals surface area contributed by atoms with Crippen molar-refractivity contribution in [2.45, 2.75) is 26.3 Å². The van der Waals surface area contributed by atoms with E-state index in [2.05, 4.69) is 34.7 Å². The third kappa shape index (κ3) is 2.54. The number of fused-ring (bicyclic) bond motifs is 1. The summed E-state index contributed by atoms with van der Waals surface area (Å²) < 4.78 is 2.28. The molecule has 0 unspecified atom stereocenters. The van der Waals surface area contributed by atoms with Crippen LogP contribution in [-0.4, -0.2) is 14.5 Å². The molecule has 2 aromatic heterocycles. The highest BCUT2D eigenvalue weighted by atomic mass is 35.5. The molecule has 0 aliphatic heterocycles. The van der Waals surface area contributed by atoms with Crippen molar-refractivity contribution in [3.8, 4) is 0 Å². The highest BCUT2D eigenvalue weighted by molar-refractivity contribution is 6.30. The summed E-state index contributed by atoms with van der Waals surface area (Å²) in [5, 5.41) is 0.716. The molecule has 0 amide bonds. The molecule has 3 rings (SSSR count). The molecule has 0 radical (unpaired) electrons. The van der Waals surface area contributed by atoms with Gasteiger partial charge in [-0.25, -0.2) is 4.98 Å². The third-order valence-electron chi connectivity index (χ3n) is 3.30. The molecule has 1 aromatic carbocycles. The Kier molecular flexibility index (Phi) is 3.70. The van der Waals surface area contributed by atoms with E-state index in [0.29, 0.717) is 11.4 Å². The molecule has 2 heterocycles. The summed E-state index contributed by atoms with van der Waals surface area (Å²) in [6.45, 7) is 3.15. The van der Waals surface area contributed by atoms with Crippen LogP contribution in [0, 0.1) is 0 Å². The van der Waals surface area contributed by atoms with Crippen molar-refractivity contribution in [1.82, 2.24) is 14.5 Å². The largest absolute Gasteiger partial charge is 0.328 e. The molecule has 0 spiro atoms. The van der Waals surface area contributed by atoms with Crippen molar-refractivity contribution in [1.29, 1.82) is 0 Å². The molecule has 0 saturated carbocycles. The molecule has 0 aliphatic carbocycles. The molecular weight excluding hydrogens is 270 g/mol. The molecule has 0 fully saturated rings. The fourth-order valence-corrected chi connectivity index (χ4v) is 2.62. The van der Waals surface area contributed by atoms with Gasteiger partial charge in [-0.15, -0.1) is 0 Å². The lowest BCUT2D eigenvalue weighted by atomic mass is 10.2. The van der Waals surface area contributed by atoms with Crippen LogP contribution in [0.4, 0.5) is 0 Å². The Hall–Kier alpha value is -1.87. The van der Waals surface area contributed by atoms with Gasteiger partial charge < -0.3 is 4.57 Å². The van der Waals surface area contributed by atoms with Gasteiger partial charge >= 0.3 is 0 Å². The van der Waals surface area contributed by atoms with E-state index in [1.807, 2.05) is 12.1 Å². The number of hydrogen-bond donors (Lipinski definition) is 0. The number of halogens is 1. The summed E-state index contributed by atoms with van der Waals surface area (Å²) >= 11 is 6.02. The third-order valence-corrected chi connectivity index (χ3v) is 3.53. The quantitative estimate of drug-likeness (QED) is 0.723. The van der Waals surface area contributed by atoms with Crippen molar-refractivity contribution in [3.63, 3.8) is 0 Å². The van der Waals surface area contributed by atoms with Crippen LogP contribution in [0.1, 0.15) is 24.9 Å². The predicted octanol–water partition coefficient (Wildman–Crippen LogP) is 4.09. The Labute approximate surface area is 123 Å². The van der Waals surface area contributed by atoms with Crippen LogP contribution in [0.25, 0.3) is 11.0 Å². The summed E-state index contributed by atoms with van der Waals surface area (Å²) in [5.74, 6) is 1.04. The van der Waals surface area contributed by atoms with Crippen molar-refractivity contribution in [3.05, 3.63) is 59.1 Å². The van der Waals surface area contributed by atoms with Gasteiger partial charge in [0.25, 0.3) is 0 Å². The van der Waals surface area contributed by atoms with Crippen molar-refractivity contribution >= 4 is 22.6 Å². The fraction of sp³-hybridized carbons (Fsp3) is 0.250. The summed E-state index contributed by atoms with van der Waals surface area (Å²) in [7, 11) is 0. The predicted molar refractivity (Wildman–Crippen MR) is 82.1 cm³/mol. The van der Waals surface area contributed by atoms with E-state index in [0.717, 1.165) is 30.0 Å². The topological polar surface area (TPSA) is 30.7 Å². The van der Waals surface area contributed by atoms with E-state index >= 15 is 0 Å². The molecule has 0 aliphatic rings. The van der Waals surface area contributed by atoms with Gasteiger partial charge in [-0.1, -0.05) is 30.7 Å². The highest BCUT2D eigenvalue weighted by Gasteiger charge is 2.11. The maximum absolute atomic E-state index is 6.02. The SMILES string of the molecule is CCCn1c(Cc2cc(Cl)ccn2)nc2ccccc21. The molecule has 0 saturated heterocycles. The summed E-state index contributed by atoms with van der Waals surface area (Å²) in [6, 6.07) is 11.9. The number of pyridine rings is 1. The highest BCUT2D eigenvalue weighted by Crippen LogP contribution is 2.19. The number of benzene rings is 1. The molecule has 3 aromatic rings. The first-order valence-electron chi connectivity index (χ1n) is 6.82. The second-order valence-electron chi connectivity index (χ2n) is 4.81. The van der Waals surface area contributed by atoms with Crippen molar-refractivity contribution < 1.29 is 0 Å². The zero-order chi connectivity index (χ0) is 13.9. The van der Waals surface area contributed by atoms with Crippen LogP contribution in [0.5, 0.6) is 0 Å². The number of aryl methyl sites for hydroxylation is 1. The second-order valence-corrected chi connectivity index (χ2v) is 5.25. The summed E-state index contributed by atoms with van der Waals surface area (Å²) in [5.41, 5.74) is 3.18. The van der Waals surface area contributed by atoms with E-state index < -0.39 is 0 Å². The molecular formula is C16H16ClN3. The van der Waals surface area contributed by atoms with E-state index in [1.165, 1.54) is 5.52 Å². The van der Waals surface area contributed by atoms with Gasteiger partial charge in [0.1, 0.15) is 5.82 Å². The first kappa shape index (κ1) is 13.1. The van der Waals surface area contributed by atoms with Gasteiger partial charge in [0, 0.05) is 29.9 Å². The first-order chi connectivity index (χ1) is 9.78. The van der Waals surface area contributed by atoms with Crippen LogP contribution in [0.2, 0.25) is 5.02 Å².